The summed E-state index contributed by atoms with van der Waals surface area (Å²) in [7, 11) is 1.40. The molecule has 2 aliphatic heterocycles. The molecule has 2 heterocycles. The zero-order valence-corrected chi connectivity index (χ0v) is 15.4. The van der Waals surface area contributed by atoms with Crippen molar-refractivity contribution in [3.8, 4) is 0 Å². The lowest BCUT2D eigenvalue weighted by Gasteiger charge is -2.31. The Hall–Kier alpha value is -1.14. The molecule has 6 nitrogen and oxygen atoms in total. The van der Waals surface area contributed by atoms with Gasteiger partial charge in [0.2, 0.25) is 5.91 Å². The van der Waals surface area contributed by atoms with Crippen molar-refractivity contribution in [1.29, 1.82) is 0 Å². The normalized spacial score (nSPS) is 47.2. The Morgan fingerprint density at radius 3 is 2.60 bits per heavy atom. The van der Waals surface area contributed by atoms with Gasteiger partial charge in [-0.25, -0.2) is 0 Å². The van der Waals surface area contributed by atoms with Crippen LogP contribution in [0, 0.1) is 17.8 Å². The van der Waals surface area contributed by atoms with E-state index in [-0.39, 0.29) is 47.4 Å². The first kappa shape index (κ1) is 17.3. The SMILES string of the molecule is COC(=O)CC1CC2(C)OC2CC1C(=O)NCC1CCC2(C)OC2C1. The van der Waals surface area contributed by atoms with Gasteiger partial charge in [0.25, 0.3) is 0 Å². The maximum atomic E-state index is 12.8. The second-order valence-electron chi connectivity index (χ2n) is 8.81. The van der Waals surface area contributed by atoms with E-state index in [4.69, 9.17) is 14.2 Å². The third kappa shape index (κ3) is 3.31. The average molecular weight is 351 g/mol. The highest BCUT2D eigenvalue weighted by molar-refractivity contribution is 5.80. The number of ether oxygens (including phenoxy) is 3. The Bertz CT molecular complexity index is 580. The van der Waals surface area contributed by atoms with Crippen LogP contribution in [-0.4, -0.2) is 48.9 Å². The number of methoxy groups -OCH3 is 1. The summed E-state index contributed by atoms with van der Waals surface area (Å²) in [5, 5.41) is 3.14. The lowest BCUT2D eigenvalue weighted by molar-refractivity contribution is -0.143. The molecule has 4 aliphatic rings. The molecule has 7 unspecified atom stereocenters. The summed E-state index contributed by atoms with van der Waals surface area (Å²) in [5.74, 6) is 0.150. The maximum absolute atomic E-state index is 12.8. The number of nitrogens with one attached hydrogen (secondary N) is 1. The average Bonchev–Trinajstić information content (AvgIpc) is 3.44. The molecule has 0 radical (unpaired) electrons. The number of esters is 1. The Kier molecular flexibility index (Phi) is 4.11. The van der Waals surface area contributed by atoms with Crippen LogP contribution in [0.1, 0.15) is 52.4 Å². The first-order valence-electron chi connectivity index (χ1n) is 9.53. The van der Waals surface area contributed by atoms with E-state index >= 15 is 0 Å². The van der Waals surface area contributed by atoms with E-state index in [1.54, 1.807) is 0 Å². The van der Waals surface area contributed by atoms with Crippen LogP contribution in [0.5, 0.6) is 0 Å². The third-order valence-electron chi connectivity index (χ3n) is 6.93. The number of hydrogen-bond donors (Lipinski definition) is 1. The van der Waals surface area contributed by atoms with Crippen molar-refractivity contribution in [1.82, 2.24) is 5.32 Å². The fraction of sp³-hybridized carbons (Fsp3) is 0.895. The van der Waals surface area contributed by atoms with E-state index in [0.29, 0.717) is 25.0 Å². The van der Waals surface area contributed by atoms with Crippen molar-refractivity contribution in [2.75, 3.05) is 13.7 Å². The molecule has 25 heavy (non-hydrogen) atoms. The number of epoxide rings is 2. The standard InChI is InChI=1S/C19H29NO5/c1-18-5-4-11(6-14(18)24-18)10-20-17(22)13-8-15-19(2,25-15)9-12(13)7-16(21)23-3/h11-15H,4-10H2,1-3H3,(H,20,22). The molecule has 1 N–H and O–H groups in total. The summed E-state index contributed by atoms with van der Waals surface area (Å²) in [5.41, 5.74) is -0.0319. The van der Waals surface area contributed by atoms with E-state index in [1.165, 1.54) is 7.11 Å². The Labute approximate surface area is 148 Å². The molecule has 0 spiro atoms. The zero-order chi connectivity index (χ0) is 17.8. The van der Waals surface area contributed by atoms with E-state index in [2.05, 4.69) is 19.2 Å². The van der Waals surface area contributed by atoms with Gasteiger partial charge in [0.05, 0.1) is 30.5 Å². The van der Waals surface area contributed by atoms with Crippen LogP contribution in [0.4, 0.5) is 0 Å². The predicted molar refractivity (Wildman–Crippen MR) is 89.8 cm³/mol. The lowest BCUT2D eigenvalue weighted by atomic mass is 9.72. The zero-order valence-electron chi connectivity index (χ0n) is 15.4. The quantitative estimate of drug-likeness (QED) is 0.603. The van der Waals surface area contributed by atoms with E-state index in [0.717, 1.165) is 25.7 Å². The number of rotatable bonds is 5. The predicted octanol–water partition coefficient (Wildman–Crippen LogP) is 1.81. The minimum Gasteiger partial charge on any atom is -0.469 e. The van der Waals surface area contributed by atoms with Crippen molar-refractivity contribution < 1.29 is 23.8 Å². The Morgan fingerprint density at radius 2 is 1.88 bits per heavy atom. The molecule has 0 aromatic rings. The molecule has 4 fully saturated rings. The highest BCUT2D eigenvalue weighted by atomic mass is 16.6. The van der Waals surface area contributed by atoms with Gasteiger partial charge in [-0.1, -0.05) is 0 Å². The summed E-state index contributed by atoms with van der Waals surface area (Å²) in [4.78, 5) is 24.5. The molecule has 0 aromatic heterocycles. The van der Waals surface area contributed by atoms with Gasteiger partial charge in [-0.2, -0.15) is 0 Å². The number of fused-ring (bicyclic) bond motifs is 2. The first-order chi connectivity index (χ1) is 11.8. The summed E-state index contributed by atoms with van der Waals surface area (Å²) >= 11 is 0. The monoisotopic (exact) mass is 351 g/mol. The van der Waals surface area contributed by atoms with Gasteiger partial charge in [0, 0.05) is 18.9 Å². The summed E-state index contributed by atoms with van der Waals surface area (Å²) in [6.45, 7) is 4.96. The smallest absolute Gasteiger partial charge is 0.305 e. The molecule has 2 saturated carbocycles. The molecule has 4 rings (SSSR count). The van der Waals surface area contributed by atoms with Crippen molar-refractivity contribution in [3.63, 3.8) is 0 Å². The highest BCUT2D eigenvalue weighted by Crippen LogP contribution is 2.52. The van der Waals surface area contributed by atoms with Crippen LogP contribution in [0.3, 0.4) is 0 Å². The summed E-state index contributed by atoms with van der Waals surface area (Å²) < 4.78 is 16.3. The lowest BCUT2D eigenvalue weighted by Crippen LogP contribution is -2.43. The number of amides is 1. The first-order valence-corrected chi connectivity index (χ1v) is 9.53. The van der Waals surface area contributed by atoms with Gasteiger partial charge in [-0.15, -0.1) is 0 Å². The fourth-order valence-corrected chi connectivity index (χ4v) is 4.97. The molecule has 2 saturated heterocycles. The van der Waals surface area contributed by atoms with Crippen LogP contribution < -0.4 is 5.32 Å². The molecule has 0 aromatic carbocycles. The molecule has 140 valence electrons. The van der Waals surface area contributed by atoms with Crippen molar-refractivity contribution in [2.45, 2.75) is 75.8 Å². The minimum atomic E-state index is -0.247. The van der Waals surface area contributed by atoms with E-state index < -0.39 is 0 Å². The Morgan fingerprint density at radius 1 is 1.16 bits per heavy atom. The van der Waals surface area contributed by atoms with Gasteiger partial charge in [0.15, 0.2) is 0 Å². The van der Waals surface area contributed by atoms with Crippen molar-refractivity contribution >= 4 is 11.9 Å². The number of hydrogen-bond acceptors (Lipinski definition) is 5. The van der Waals surface area contributed by atoms with Gasteiger partial charge in [0.1, 0.15) is 0 Å². The molecule has 7 atom stereocenters. The van der Waals surface area contributed by atoms with Crippen LogP contribution >= 0.6 is 0 Å². The summed E-state index contributed by atoms with van der Waals surface area (Å²) in [6, 6.07) is 0. The van der Waals surface area contributed by atoms with Crippen LogP contribution in [0.2, 0.25) is 0 Å². The second kappa shape index (κ2) is 5.95. The number of carbonyl (C=O) groups excluding carboxylic acids is 2. The molecule has 2 aliphatic carbocycles. The van der Waals surface area contributed by atoms with Gasteiger partial charge < -0.3 is 19.5 Å². The number of carbonyl (C=O) groups is 2. The second-order valence-corrected chi connectivity index (χ2v) is 8.81. The minimum absolute atomic E-state index is 0.00221. The van der Waals surface area contributed by atoms with Crippen LogP contribution in [0.15, 0.2) is 0 Å². The van der Waals surface area contributed by atoms with Crippen LogP contribution in [0.25, 0.3) is 0 Å². The summed E-state index contributed by atoms with van der Waals surface area (Å²) in [6.07, 6.45) is 5.52. The molecule has 0 bridgehead atoms. The highest BCUT2D eigenvalue weighted by Gasteiger charge is 2.60. The van der Waals surface area contributed by atoms with Gasteiger partial charge in [-0.05, 0) is 57.8 Å². The molecular formula is C19H29NO5. The third-order valence-corrected chi connectivity index (χ3v) is 6.93. The topological polar surface area (TPSA) is 80.5 Å². The van der Waals surface area contributed by atoms with E-state index in [9.17, 15) is 9.59 Å². The molecular weight excluding hydrogens is 322 g/mol. The maximum Gasteiger partial charge on any atom is 0.305 e. The molecule has 6 heteroatoms. The van der Waals surface area contributed by atoms with Gasteiger partial charge >= 0.3 is 5.97 Å². The molecule has 1 amide bonds. The largest absolute Gasteiger partial charge is 0.469 e. The van der Waals surface area contributed by atoms with E-state index in [1.807, 2.05) is 0 Å². The fourth-order valence-electron chi connectivity index (χ4n) is 4.97. The van der Waals surface area contributed by atoms with Crippen molar-refractivity contribution in [2.24, 2.45) is 17.8 Å². The Balaban J connectivity index is 1.32. The van der Waals surface area contributed by atoms with Crippen molar-refractivity contribution in [3.05, 3.63) is 0 Å². The van der Waals surface area contributed by atoms with Crippen LogP contribution in [-0.2, 0) is 23.8 Å². The van der Waals surface area contributed by atoms with Gasteiger partial charge in [-0.3, -0.25) is 9.59 Å².